The first-order valence-corrected chi connectivity index (χ1v) is 9.78. The van der Waals surface area contributed by atoms with Crippen molar-refractivity contribution in [2.45, 2.75) is 4.90 Å². The normalized spacial score (nSPS) is 11.4. The van der Waals surface area contributed by atoms with Gasteiger partial charge in [-0.25, -0.2) is 8.42 Å². The number of anilines is 3. The Morgan fingerprint density at radius 2 is 1.39 bits per heavy atom. The first-order chi connectivity index (χ1) is 13.4. The van der Waals surface area contributed by atoms with Gasteiger partial charge in [0.2, 0.25) is 11.9 Å². The van der Waals surface area contributed by atoms with Gasteiger partial charge in [0.1, 0.15) is 0 Å². The summed E-state index contributed by atoms with van der Waals surface area (Å²) in [6.45, 7) is 0. The maximum Gasteiger partial charge on any atom is 0.261 e. The van der Waals surface area contributed by atoms with Gasteiger partial charge in [0.25, 0.3) is 10.0 Å². The number of hydrogen-bond donors (Lipinski definition) is 3. The third-order valence-electron chi connectivity index (χ3n) is 4.10. The monoisotopic (exact) mass is 392 g/mol. The van der Waals surface area contributed by atoms with E-state index in [2.05, 4.69) is 19.7 Å². The van der Waals surface area contributed by atoms with Crippen LogP contribution in [0, 0.1) is 0 Å². The lowest BCUT2D eigenvalue weighted by molar-refractivity contribution is 0.601. The molecule has 0 unspecified atom stereocenters. The van der Waals surface area contributed by atoms with Crippen molar-refractivity contribution in [1.29, 1.82) is 0 Å². The highest BCUT2D eigenvalue weighted by molar-refractivity contribution is 7.92. The minimum absolute atomic E-state index is 0.0172. The predicted octanol–water partition coefficient (Wildman–Crippen LogP) is 2.66. The molecule has 0 atom stereocenters. The summed E-state index contributed by atoms with van der Waals surface area (Å²) in [5, 5.41) is 1.83. The molecule has 4 aromatic rings. The fourth-order valence-electron chi connectivity index (χ4n) is 2.77. The second-order valence-corrected chi connectivity index (χ2v) is 7.75. The quantitative estimate of drug-likeness (QED) is 0.485. The zero-order valence-electron chi connectivity index (χ0n) is 14.6. The van der Waals surface area contributed by atoms with Gasteiger partial charge in [-0.1, -0.05) is 30.3 Å². The molecule has 0 spiro atoms. The number of benzene rings is 3. The number of rotatable bonds is 4. The summed E-state index contributed by atoms with van der Waals surface area (Å²) >= 11 is 0. The van der Waals surface area contributed by atoms with Crippen LogP contribution in [-0.2, 0) is 10.0 Å². The summed E-state index contributed by atoms with van der Waals surface area (Å²) in [6, 6.07) is 19.1. The number of hydrogen-bond acceptors (Lipinski definition) is 7. The van der Waals surface area contributed by atoms with Crippen LogP contribution < -0.4 is 16.2 Å². The van der Waals surface area contributed by atoms with Gasteiger partial charge in [0.15, 0.2) is 5.82 Å². The van der Waals surface area contributed by atoms with Crippen LogP contribution in [0.4, 0.5) is 17.6 Å². The molecule has 140 valence electrons. The number of fused-ring (bicyclic) bond motifs is 1. The van der Waals surface area contributed by atoms with E-state index >= 15 is 0 Å². The van der Waals surface area contributed by atoms with Gasteiger partial charge in [0.05, 0.1) is 4.90 Å². The van der Waals surface area contributed by atoms with Crippen LogP contribution in [-0.4, -0.2) is 23.4 Å². The summed E-state index contributed by atoms with van der Waals surface area (Å²) in [4.78, 5) is 12.0. The Bertz CT molecular complexity index is 1250. The van der Waals surface area contributed by atoms with Crippen LogP contribution in [0.25, 0.3) is 22.2 Å². The molecule has 0 aliphatic carbocycles. The molecule has 0 saturated heterocycles. The van der Waals surface area contributed by atoms with Gasteiger partial charge < -0.3 is 11.5 Å². The molecule has 8 nitrogen and oxygen atoms in total. The second kappa shape index (κ2) is 6.78. The van der Waals surface area contributed by atoms with Crippen molar-refractivity contribution in [3.05, 3.63) is 66.7 Å². The Balaban J connectivity index is 1.60. The van der Waals surface area contributed by atoms with E-state index in [9.17, 15) is 8.42 Å². The molecule has 0 bridgehead atoms. The van der Waals surface area contributed by atoms with Crippen molar-refractivity contribution in [3.63, 3.8) is 0 Å². The molecule has 4 rings (SSSR count). The molecule has 9 heteroatoms. The van der Waals surface area contributed by atoms with Gasteiger partial charge in [0, 0.05) is 11.3 Å². The Kier molecular flexibility index (Phi) is 4.28. The zero-order valence-corrected chi connectivity index (χ0v) is 15.4. The number of aromatic nitrogens is 3. The van der Waals surface area contributed by atoms with Crippen LogP contribution >= 0.6 is 0 Å². The fraction of sp³-hybridized carbons (Fsp3) is 0. The number of nitrogens with one attached hydrogen (secondary N) is 1. The van der Waals surface area contributed by atoms with Crippen molar-refractivity contribution >= 4 is 38.4 Å². The predicted molar refractivity (Wildman–Crippen MR) is 109 cm³/mol. The number of nitrogen functional groups attached to an aromatic ring is 2. The highest BCUT2D eigenvalue weighted by atomic mass is 32.2. The average Bonchev–Trinajstić information content (AvgIpc) is 2.67. The van der Waals surface area contributed by atoms with Gasteiger partial charge in [-0.15, -0.1) is 0 Å². The standard InChI is InChI=1S/C19H16N6O2S/c20-18-22-17(23-19(21)24-18)13-5-8-15(9-6-13)25-28(26,27)16-10-7-12-3-1-2-4-14(12)11-16/h1-11,25H,(H4,20,21,22,23,24). The van der Waals surface area contributed by atoms with Gasteiger partial charge >= 0.3 is 0 Å². The largest absolute Gasteiger partial charge is 0.368 e. The third kappa shape index (κ3) is 3.55. The van der Waals surface area contributed by atoms with Gasteiger partial charge in [-0.2, -0.15) is 15.0 Å². The molecule has 0 aliphatic heterocycles. The molecule has 3 aromatic carbocycles. The maximum absolute atomic E-state index is 12.7. The zero-order chi connectivity index (χ0) is 19.7. The van der Waals surface area contributed by atoms with E-state index in [1.165, 1.54) is 0 Å². The van der Waals surface area contributed by atoms with E-state index in [4.69, 9.17) is 11.5 Å². The minimum atomic E-state index is -3.73. The van der Waals surface area contributed by atoms with Crippen LogP contribution in [0.1, 0.15) is 0 Å². The van der Waals surface area contributed by atoms with E-state index in [0.717, 1.165) is 10.8 Å². The number of nitrogens with zero attached hydrogens (tertiary/aromatic N) is 3. The second-order valence-electron chi connectivity index (χ2n) is 6.07. The summed E-state index contributed by atoms with van der Waals surface area (Å²) in [6.07, 6.45) is 0. The van der Waals surface area contributed by atoms with Crippen LogP contribution in [0.3, 0.4) is 0 Å². The van der Waals surface area contributed by atoms with E-state index < -0.39 is 10.0 Å². The smallest absolute Gasteiger partial charge is 0.261 e. The van der Waals surface area contributed by atoms with Crippen molar-refractivity contribution < 1.29 is 8.42 Å². The molecule has 0 aliphatic rings. The Morgan fingerprint density at radius 1 is 0.750 bits per heavy atom. The molecule has 0 amide bonds. The Labute approximate surface area is 161 Å². The highest BCUT2D eigenvalue weighted by Crippen LogP contribution is 2.23. The molecular formula is C19H16N6O2S. The summed E-state index contributed by atoms with van der Waals surface area (Å²) in [5.74, 6) is 0.348. The summed E-state index contributed by atoms with van der Waals surface area (Å²) in [7, 11) is -3.73. The maximum atomic E-state index is 12.7. The van der Waals surface area contributed by atoms with E-state index in [-0.39, 0.29) is 16.8 Å². The molecule has 1 aromatic heterocycles. The highest BCUT2D eigenvalue weighted by Gasteiger charge is 2.15. The van der Waals surface area contributed by atoms with E-state index in [1.807, 2.05) is 24.3 Å². The topological polar surface area (TPSA) is 137 Å². The van der Waals surface area contributed by atoms with Crippen LogP contribution in [0.5, 0.6) is 0 Å². The Morgan fingerprint density at radius 3 is 2.07 bits per heavy atom. The van der Waals surface area contributed by atoms with E-state index in [1.54, 1.807) is 42.5 Å². The first kappa shape index (κ1) is 17.7. The van der Waals surface area contributed by atoms with Crippen molar-refractivity contribution in [3.8, 4) is 11.4 Å². The summed E-state index contributed by atoms with van der Waals surface area (Å²) < 4.78 is 28.0. The van der Waals surface area contributed by atoms with E-state index in [0.29, 0.717) is 17.1 Å². The minimum Gasteiger partial charge on any atom is -0.368 e. The fourth-order valence-corrected chi connectivity index (χ4v) is 3.87. The summed E-state index contributed by atoms with van der Waals surface area (Å²) in [5.41, 5.74) is 12.2. The number of nitrogens with two attached hydrogens (primary N) is 2. The SMILES string of the molecule is Nc1nc(N)nc(-c2ccc(NS(=O)(=O)c3ccc4ccccc4c3)cc2)n1. The van der Waals surface area contributed by atoms with Crippen molar-refractivity contribution in [2.24, 2.45) is 0 Å². The van der Waals surface area contributed by atoms with Crippen molar-refractivity contribution in [2.75, 3.05) is 16.2 Å². The lowest BCUT2D eigenvalue weighted by Gasteiger charge is -2.10. The average molecular weight is 392 g/mol. The van der Waals surface area contributed by atoms with Gasteiger partial charge in [-0.05, 0) is 47.2 Å². The molecule has 0 radical (unpaired) electrons. The van der Waals surface area contributed by atoms with Crippen LogP contribution in [0.2, 0.25) is 0 Å². The first-order valence-electron chi connectivity index (χ1n) is 8.30. The lowest BCUT2D eigenvalue weighted by atomic mass is 10.1. The molecule has 1 heterocycles. The Hall–Kier alpha value is -3.72. The molecule has 0 fully saturated rings. The van der Waals surface area contributed by atoms with Crippen LogP contribution in [0.15, 0.2) is 71.6 Å². The van der Waals surface area contributed by atoms with Gasteiger partial charge in [-0.3, -0.25) is 4.72 Å². The molecule has 5 N–H and O–H groups in total. The molecule has 0 saturated carbocycles. The third-order valence-corrected chi connectivity index (χ3v) is 5.48. The molecule has 28 heavy (non-hydrogen) atoms. The molecular weight excluding hydrogens is 376 g/mol. The van der Waals surface area contributed by atoms with Crippen molar-refractivity contribution in [1.82, 2.24) is 15.0 Å². The lowest BCUT2D eigenvalue weighted by Crippen LogP contribution is -2.12. The number of sulfonamides is 1.